The zero-order chi connectivity index (χ0) is 12.8. The van der Waals surface area contributed by atoms with E-state index in [0.717, 1.165) is 17.9 Å². The normalized spacial score (nSPS) is 31.0. The van der Waals surface area contributed by atoms with Gasteiger partial charge in [0.05, 0.1) is 0 Å². The Labute approximate surface area is 114 Å². The highest BCUT2D eigenvalue weighted by atomic mass is 15.2. The third-order valence-corrected chi connectivity index (χ3v) is 4.90. The SMILES string of the molecule is CCCN1CC(CC)CC(NCC2CCCC2)C1. The van der Waals surface area contributed by atoms with Gasteiger partial charge < -0.3 is 10.2 Å². The fourth-order valence-corrected chi connectivity index (χ4v) is 3.79. The molecule has 2 rings (SSSR count). The zero-order valence-corrected chi connectivity index (χ0v) is 12.5. The molecule has 1 heterocycles. The van der Waals surface area contributed by atoms with Crippen molar-refractivity contribution in [2.75, 3.05) is 26.2 Å². The molecule has 2 nitrogen and oxygen atoms in total. The van der Waals surface area contributed by atoms with Crippen molar-refractivity contribution in [3.63, 3.8) is 0 Å². The van der Waals surface area contributed by atoms with Crippen LogP contribution in [0.5, 0.6) is 0 Å². The monoisotopic (exact) mass is 252 g/mol. The van der Waals surface area contributed by atoms with E-state index in [2.05, 4.69) is 24.1 Å². The van der Waals surface area contributed by atoms with Crippen LogP contribution in [0.4, 0.5) is 0 Å². The highest BCUT2D eigenvalue weighted by Crippen LogP contribution is 2.25. The summed E-state index contributed by atoms with van der Waals surface area (Å²) < 4.78 is 0. The van der Waals surface area contributed by atoms with E-state index in [4.69, 9.17) is 0 Å². The van der Waals surface area contributed by atoms with Crippen LogP contribution in [-0.2, 0) is 0 Å². The summed E-state index contributed by atoms with van der Waals surface area (Å²) >= 11 is 0. The average Bonchev–Trinajstić information content (AvgIpc) is 2.89. The minimum absolute atomic E-state index is 0.760. The van der Waals surface area contributed by atoms with Crippen molar-refractivity contribution in [3.05, 3.63) is 0 Å². The number of hydrogen-bond acceptors (Lipinski definition) is 2. The van der Waals surface area contributed by atoms with E-state index < -0.39 is 0 Å². The fourth-order valence-electron chi connectivity index (χ4n) is 3.79. The van der Waals surface area contributed by atoms with Gasteiger partial charge >= 0.3 is 0 Å². The van der Waals surface area contributed by atoms with E-state index >= 15 is 0 Å². The molecule has 2 heteroatoms. The Bertz CT molecular complexity index is 223. The summed E-state index contributed by atoms with van der Waals surface area (Å²) in [6.07, 6.45) is 9.93. The van der Waals surface area contributed by atoms with Crippen LogP contribution in [-0.4, -0.2) is 37.1 Å². The summed E-state index contributed by atoms with van der Waals surface area (Å²) in [6.45, 7) is 9.85. The van der Waals surface area contributed by atoms with E-state index in [1.54, 1.807) is 0 Å². The minimum Gasteiger partial charge on any atom is -0.312 e. The molecule has 0 aromatic heterocycles. The van der Waals surface area contributed by atoms with Gasteiger partial charge in [0, 0.05) is 19.1 Å². The highest BCUT2D eigenvalue weighted by Gasteiger charge is 2.26. The average molecular weight is 252 g/mol. The summed E-state index contributed by atoms with van der Waals surface area (Å²) in [5.74, 6) is 1.90. The van der Waals surface area contributed by atoms with Gasteiger partial charge in [-0.2, -0.15) is 0 Å². The molecular weight excluding hydrogens is 220 g/mol. The second-order valence-corrected chi connectivity index (χ2v) is 6.53. The molecule has 1 aliphatic heterocycles. The molecule has 1 saturated heterocycles. The summed E-state index contributed by atoms with van der Waals surface area (Å²) in [7, 11) is 0. The van der Waals surface area contributed by atoms with E-state index in [9.17, 15) is 0 Å². The van der Waals surface area contributed by atoms with Crippen molar-refractivity contribution in [1.82, 2.24) is 10.2 Å². The van der Waals surface area contributed by atoms with Gasteiger partial charge in [0.15, 0.2) is 0 Å². The van der Waals surface area contributed by atoms with Crippen LogP contribution >= 0.6 is 0 Å². The largest absolute Gasteiger partial charge is 0.312 e. The Morgan fingerprint density at radius 1 is 1.06 bits per heavy atom. The third-order valence-electron chi connectivity index (χ3n) is 4.90. The first-order chi connectivity index (χ1) is 8.81. The molecule has 2 unspecified atom stereocenters. The molecule has 2 aliphatic rings. The van der Waals surface area contributed by atoms with E-state index in [1.165, 1.54) is 71.1 Å². The van der Waals surface area contributed by atoms with E-state index in [1.807, 2.05) is 0 Å². The Morgan fingerprint density at radius 3 is 2.50 bits per heavy atom. The summed E-state index contributed by atoms with van der Waals surface area (Å²) in [5, 5.41) is 3.87. The van der Waals surface area contributed by atoms with Crippen molar-refractivity contribution in [3.8, 4) is 0 Å². The smallest absolute Gasteiger partial charge is 0.0198 e. The summed E-state index contributed by atoms with van der Waals surface area (Å²) in [5.41, 5.74) is 0. The molecule has 1 aliphatic carbocycles. The standard InChI is InChI=1S/C16H32N2/c1-3-9-18-12-14(4-2)10-16(13-18)17-11-15-7-5-6-8-15/h14-17H,3-13H2,1-2H3. The predicted molar refractivity (Wildman–Crippen MR) is 78.9 cm³/mol. The lowest BCUT2D eigenvalue weighted by Gasteiger charge is -2.38. The molecule has 0 amide bonds. The summed E-state index contributed by atoms with van der Waals surface area (Å²) in [6, 6.07) is 0.760. The van der Waals surface area contributed by atoms with Crippen molar-refractivity contribution in [2.45, 2.75) is 64.8 Å². The molecule has 0 spiro atoms. The number of likely N-dealkylation sites (tertiary alicyclic amines) is 1. The Hall–Kier alpha value is -0.0800. The minimum atomic E-state index is 0.760. The lowest BCUT2D eigenvalue weighted by molar-refractivity contribution is 0.136. The molecule has 2 atom stereocenters. The first-order valence-electron chi connectivity index (χ1n) is 8.27. The Morgan fingerprint density at radius 2 is 1.83 bits per heavy atom. The molecule has 0 radical (unpaired) electrons. The lowest BCUT2D eigenvalue weighted by atomic mass is 9.91. The maximum absolute atomic E-state index is 3.87. The van der Waals surface area contributed by atoms with E-state index in [0.29, 0.717) is 0 Å². The predicted octanol–water partition coefficient (Wildman–Crippen LogP) is 3.28. The number of piperidine rings is 1. The lowest BCUT2D eigenvalue weighted by Crippen LogP contribution is -2.50. The first-order valence-corrected chi connectivity index (χ1v) is 8.27. The molecule has 0 aromatic carbocycles. The molecule has 2 fully saturated rings. The second-order valence-electron chi connectivity index (χ2n) is 6.53. The molecule has 1 N–H and O–H groups in total. The number of hydrogen-bond donors (Lipinski definition) is 1. The van der Waals surface area contributed by atoms with Gasteiger partial charge in [-0.1, -0.05) is 33.1 Å². The topological polar surface area (TPSA) is 15.3 Å². The number of rotatable bonds is 6. The van der Waals surface area contributed by atoms with Crippen molar-refractivity contribution in [2.24, 2.45) is 11.8 Å². The highest BCUT2D eigenvalue weighted by molar-refractivity contribution is 4.84. The van der Waals surface area contributed by atoms with Crippen LogP contribution in [0.25, 0.3) is 0 Å². The van der Waals surface area contributed by atoms with Crippen molar-refractivity contribution < 1.29 is 0 Å². The first kappa shape index (κ1) is 14.3. The second kappa shape index (κ2) is 7.49. The van der Waals surface area contributed by atoms with Crippen LogP contribution < -0.4 is 5.32 Å². The maximum atomic E-state index is 3.87. The van der Waals surface area contributed by atoms with Gasteiger partial charge in [0.2, 0.25) is 0 Å². The van der Waals surface area contributed by atoms with Crippen molar-refractivity contribution in [1.29, 1.82) is 0 Å². The van der Waals surface area contributed by atoms with Gasteiger partial charge in [-0.05, 0) is 50.6 Å². The van der Waals surface area contributed by atoms with Gasteiger partial charge in [0.25, 0.3) is 0 Å². The maximum Gasteiger partial charge on any atom is 0.0198 e. The van der Waals surface area contributed by atoms with E-state index in [-0.39, 0.29) is 0 Å². The van der Waals surface area contributed by atoms with Crippen LogP contribution in [0.2, 0.25) is 0 Å². The van der Waals surface area contributed by atoms with Crippen LogP contribution in [0.15, 0.2) is 0 Å². The number of nitrogens with zero attached hydrogens (tertiary/aromatic N) is 1. The van der Waals surface area contributed by atoms with Gasteiger partial charge in [-0.3, -0.25) is 0 Å². The van der Waals surface area contributed by atoms with Crippen LogP contribution in [0, 0.1) is 11.8 Å². The van der Waals surface area contributed by atoms with Crippen LogP contribution in [0.3, 0.4) is 0 Å². The zero-order valence-electron chi connectivity index (χ0n) is 12.5. The molecule has 18 heavy (non-hydrogen) atoms. The van der Waals surface area contributed by atoms with Crippen molar-refractivity contribution >= 4 is 0 Å². The Balaban J connectivity index is 1.74. The van der Waals surface area contributed by atoms with Crippen LogP contribution in [0.1, 0.15) is 58.8 Å². The molecule has 1 saturated carbocycles. The molecular formula is C16H32N2. The van der Waals surface area contributed by atoms with Gasteiger partial charge in [0.1, 0.15) is 0 Å². The van der Waals surface area contributed by atoms with Gasteiger partial charge in [-0.25, -0.2) is 0 Å². The summed E-state index contributed by atoms with van der Waals surface area (Å²) in [4.78, 5) is 2.68. The molecule has 0 aromatic rings. The fraction of sp³-hybridized carbons (Fsp3) is 1.00. The molecule has 106 valence electrons. The number of nitrogens with one attached hydrogen (secondary N) is 1. The Kier molecular flexibility index (Phi) is 5.97. The molecule has 0 bridgehead atoms. The van der Waals surface area contributed by atoms with Gasteiger partial charge in [-0.15, -0.1) is 0 Å². The quantitative estimate of drug-likeness (QED) is 0.780. The third kappa shape index (κ3) is 4.24.